The fourth-order valence-corrected chi connectivity index (χ4v) is 4.82. The molecule has 2 heterocycles. The maximum atomic E-state index is 12.4. The number of fused-ring (bicyclic) bond motifs is 1. The predicted molar refractivity (Wildman–Crippen MR) is 85.7 cm³/mol. The molecular formula is C14H20ClNOS2. The summed E-state index contributed by atoms with van der Waals surface area (Å²) in [6, 6.07) is 2.07. The van der Waals surface area contributed by atoms with Gasteiger partial charge < -0.3 is 5.32 Å². The molecule has 2 rings (SSSR count). The van der Waals surface area contributed by atoms with Crippen LogP contribution in [0.2, 0.25) is 0 Å². The molecule has 1 unspecified atom stereocenters. The lowest BCUT2D eigenvalue weighted by molar-refractivity contribution is 0.0905. The van der Waals surface area contributed by atoms with Gasteiger partial charge >= 0.3 is 0 Å². The van der Waals surface area contributed by atoms with E-state index in [2.05, 4.69) is 25.2 Å². The molecule has 1 aromatic heterocycles. The topological polar surface area (TPSA) is 29.1 Å². The van der Waals surface area contributed by atoms with Crippen molar-refractivity contribution < 1.29 is 4.79 Å². The van der Waals surface area contributed by atoms with Gasteiger partial charge in [0.2, 0.25) is 0 Å². The first-order valence-corrected chi connectivity index (χ1v) is 9.16. The van der Waals surface area contributed by atoms with Crippen LogP contribution in [0.5, 0.6) is 0 Å². The van der Waals surface area contributed by atoms with Crippen molar-refractivity contribution in [3.63, 3.8) is 0 Å². The third-order valence-corrected chi connectivity index (χ3v) is 6.13. The van der Waals surface area contributed by atoms with Gasteiger partial charge in [-0.15, -0.1) is 22.9 Å². The highest BCUT2D eigenvalue weighted by Gasteiger charge is 2.26. The van der Waals surface area contributed by atoms with E-state index >= 15 is 0 Å². The molecule has 0 spiro atoms. The van der Waals surface area contributed by atoms with Crippen LogP contribution < -0.4 is 5.32 Å². The number of hydrogen-bond acceptors (Lipinski definition) is 3. The first-order chi connectivity index (χ1) is 9.08. The van der Waals surface area contributed by atoms with Crippen molar-refractivity contribution in [1.82, 2.24) is 5.32 Å². The van der Waals surface area contributed by atoms with E-state index in [1.807, 2.05) is 11.8 Å². The van der Waals surface area contributed by atoms with E-state index in [-0.39, 0.29) is 11.4 Å². The second-order valence-electron chi connectivity index (χ2n) is 5.17. The largest absolute Gasteiger partial charge is 0.346 e. The average molecular weight is 318 g/mol. The van der Waals surface area contributed by atoms with Crippen molar-refractivity contribution in [2.75, 3.05) is 11.6 Å². The minimum absolute atomic E-state index is 0.0545. The molecular weight excluding hydrogens is 298 g/mol. The van der Waals surface area contributed by atoms with E-state index in [1.165, 1.54) is 16.2 Å². The van der Waals surface area contributed by atoms with Crippen molar-refractivity contribution in [3.05, 3.63) is 21.4 Å². The van der Waals surface area contributed by atoms with Crippen molar-refractivity contribution >= 4 is 40.6 Å². The summed E-state index contributed by atoms with van der Waals surface area (Å²) in [4.78, 5) is 14.6. The van der Waals surface area contributed by atoms with Crippen molar-refractivity contribution in [2.24, 2.45) is 0 Å². The van der Waals surface area contributed by atoms with Crippen LogP contribution in [0.4, 0.5) is 0 Å². The van der Waals surface area contributed by atoms with Crippen molar-refractivity contribution in [1.29, 1.82) is 0 Å². The first kappa shape index (κ1) is 15.2. The first-order valence-electron chi connectivity index (χ1n) is 6.66. The lowest BCUT2D eigenvalue weighted by Crippen LogP contribution is -2.45. The van der Waals surface area contributed by atoms with E-state index in [1.54, 1.807) is 11.3 Å². The zero-order valence-corrected chi connectivity index (χ0v) is 13.8. The number of thiophene rings is 1. The Balaban J connectivity index is 2.09. The van der Waals surface area contributed by atoms with E-state index < -0.39 is 0 Å². The van der Waals surface area contributed by atoms with Gasteiger partial charge in [0.25, 0.3) is 5.91 Å². The molecule has 0 bridgehead atoms. The molecule has 0 aliphatic carbocycles. The Kier molecular flexibility index (Phi) is 5.21. The number of nitrogens with one attached hydrogen (secondary N) is 1. The fraction of sp³-hybridized carbons (Fsp3) is 0.643. The molecule has 0 fully saturated rings. The molecule has 1 aromatic rings. The zero-order chi connectivity index (χ0) is 13.9. The number of carbonyl (C=O) groups is 1. The zero-order valence-electron chi connectivity index (χ0n) is 11.4. The number of aryl methyl sites for hydroxylation is 1. The van der Waals surface area contributed by atoms with Crippen LogP contribution in [0.3, 0.4) is 0 Å². The Morgan fingerprint density at radius 3 is 3.00 bits per heavy atom. The van der Waals surface area contributed by atoms with Gasteiger partial charge in [0.1, 0.15) is 0 Å². The third kappa shape index (κ3) is 3.67. The SMILES string of the molecule is CCC(C)(CCCl)NC(=O)c1cc2c(s1)CCSC2. The van der Waals surface area contributed by atoms with Gasteiger partial charge in [-0.1, -0.05) is 6.92 Å². The molecule has 1 N–H and O–H groups in total. The van der Waals surface area contributed by atoms with Crippen LogP contribution in [-0.4, -0.2) is 23.1 Å². The smallest absolute Gasteiger partial charge is 0.261 e. The summed E-state index contributed by atoms with van der Waals surface area (Å²) in [5.74, 6) is 2.85. The number of halogens is 1. The molecule has 1 atom stereocenters. The quantitative estimate of drug-likeness (QED) is 0.830. The minimum atomic E-state index is -0.196. The molecule has 2 nitrogen and oxygen atoms in total. The standard InChI is InChI=1S/C14H20ClNOS2/c1-3-14(2,5-6-15)16-13(17)12-8-10-9-18-7-4-11(10)19-12/h8H,3-7,9H2,1-2H3,(H,16,17). The van der Waals surface area contributed by atoms with Crippen LogP contribution >= 0.6 is 34.7 Å². The number of amides is 1. The summed E-state index contributed by atoms with van der Waals surface area (Å²) in [5.41, 5.74) is 1.15. The number of alkyl halides is 1. The maximum absolute atomic E-state index is 12.4. The predicted octanol–water partition coefficient (Wildman–Crippen LogP) is 4.06. The summed E-state index contributed by atoms with van der Waals surface area (Å²) >= 11 is 9.43. The van der Waals surface area contributed by atoms with E-state index in [0.717, 1.165) is 29.9 Å². The summed E-state index contributed by atoms with van der Waals surface area (Å²) in [6.07, 6.45) is 2.80. The highest BCUT2D eigenvalue weighted by molar-refractivity contribution is 7.98. The Hall–Kier alpha value is -0.190. The molecule has 1 amide bonds. The number of carbonyl (C=O) groups excluding carboxylic acids is 1. The van der Waals surface area contributed by atoms with Crippen LogP contribution in [-0.2, 0) is 12.2 Å². The van der Waals surface area contributed by atoms with Gasteiger partial charge in [0.05, 0.1) is 4.88 Å². The second-order valence-corrected chi connectivity index (χ2v) is 7.79. The Morgan fingerprint density at radius 1 is 1.58 bits per heavy atom. The van der Waals surface area contributed by atoms with Gasteiger partial charge in [-0.3, -0.25) is 4.79 Å². The van der Waals surface area contributed by atoms with Crippen LogP contribution in [0.25, 0.3) is 0 Å². The summed E-state index contributed by atoms with van der Waals surface area (Å²) in [6.45, 7) is 4.15. The molecule has 1 aliphatic rings. The number of hydrogen-bond donors (Lipinski definition) is 1. The Bertz CT molecular complexity index is 437. The van der Waals surface area contributed by atoms with E-state index in [4.69, 9.17) is 11.6 Å². The number of rotatable bonds is 5. The second kappa shape index (κ2) is 6.51. The molecule has 0 radical (unpaired) electrons. The Morgan fingerprint density at radius 2 is 2.37 bits per heavy atom. The fourth-order valence-electron chi connectivity index (χ4n) is 2.13. The molecule has 19 heavy (non-hydrogen) atoms. The average Bonchev–Trinajstić information content (AvgIpc) is 2.83. The van der Waals surface area contributed by atoms with Crippen LogP contribution in [0, 0.1) is 0 Å². The van der Waals surface area contributed by atoms with Gasteiger partial charge in [-0.2, -0.15) is 11.8 Å². The maximum Gasteiger partial charge on any atom is 0.261 e. The van der Waals surface area contributed by atoms with E-state index in [0.29, 0.717) is 5.88 Å². The van der Waals surface area contributed by atoms with Crippen LogP contribution in [0.15, 0.2) is 6.07 Å². The van der Waals surface area contributed by atoms with Gasteiger partial charge in [-0.25, -0.2) is 0 Å². The molecule has 1 aliphatic heterocycles. The van der Waals surface area contributed by atoms with Gasteiger partial charge in [0.15, 0.2) is 0 Å². The molecule has 0 aromatic carbocycles. The molecule has 0 saturated carbocycles. The summed E-state index contributed by atoms with van der Waals surface area (Å²) in [7, 11) is 0. The lowest BCUT2D eigenvalue weighted by atomic mass is 9.95. The van der Waals surface area contributed by atoms with Gasteiger partial charge in [0, 0.05) is 22.0 Å². The molecule has 5 heteroatoms. The van der Waals surface area contributed by atoms with Crippen molar-refractivity contribution in [2.45, 2.75) is 44.4 Å². The molecule has 0 saturated heterocycles. The third-order valence-electron chi connectivity index (χ3n) is 3.69. The normalized spacial score (nSPS) is 17.6. The van der Waals surface area contributed by atoms with Crippen LogP contribution in [0.1, 0.15) is 46.8 Å². The summed E-state index contributed by atoms with van der Waals surface area (Å²) < 4.78 is 0. The van der Waals surface area contributed by atoms with Gasteiger partial charge in [-0.05, 0) is 43.6 Å². The van der Waals surface area contributed by atoms with Crippen molar-refractivity contribution in [3.8, 4) is 0 Å². The molecule has 106 valence electrons. The highest BCUT2D eigenvalue weighted by atomic mass is 35.5. The monoisotopic (exact) mass is 317 g/mol. The minimum Gasteiger partial charge on any atom is -0.346 e. The lowest BCUT2D eigenvalue weighted by Gasteiger charge is -2.28. The number of thioether (sulfide) groups is 1. The van der Waals surface area contributed by atoms with E-state index in [9.17, 15) is 4.79 Å². The Labute approximate surface area is 128 Å². The summed E-state index contributed by atoms with van der Waals surface area (Å²) in [5, 5.41) is 3.15. The highest BCUT2D eigenvalue weighted by Crippen LogP contribution is 2.32.